The summed E-state index contributed by atoms with van der Waals surface area (Å²) in [6, 6.07) is 1.66. The van der Waals surface area contributed by atoms with Crippen LogP contribution >= 0.6 is 15.9 Å². The molecule has 3 rings (SSSR count). The van der Waals surface area contributed by atoms with Crippen molar-refractivity contribution in [3.05, 3.63) is 46.1 Å². The van der Waals surface area contributed by atoms with Gasteiger partial charge in [0, 0.05) is 43.3 Å². The van der Waals surface area contributed by atoms with Gasteiger partial charge in [-0.25, -0.2) is 9.50 Å². The van der Waals surface area contributed by atoms with Crippen molar-refractivity contribution in [2.45, 2.75) is 26.9 Å². The molecule has 3 aromatic rings. The van der Waals surface area contributed by atoms with Gasteiger partial charge in [-0.3, -0.25) is 9.48 Å². The van der Waals surface area contributed by atoms with Gasteiger partial charge < -0.3 is 5.32 Å². The molecule has 0 saturated heterocycles. The number of halogens is 1. The largest absolute Gasteiger partial charge is 0.346 e. The van der Waals surface area contributed by atoms with Crippen LogP contribution in [-0.2, 0) is 13.1 Å². The van der Waals surface area contributed by atoms with Crippen LogP contribution in [0, 0.1) is 6.92 Å². The third-order valence-electron chi connectivity index (χ3n) is 3.33. The number of carbonyl (C=O) groups excluding carboxylic acids is 1. The summed E-state index contributed by atoms with van der Waals surface area (Å²) in [5.41, 5.74) is 2.89. The second-order valence-corrected chi connectivity index (χ2v) is 5.80. The number of carbonyl (C=O) groups is 1. The van der Waals surface area contributed by atoms with E-state index in [-0.39, 0.29) is 5.91 Å². The maximum Gasteiger partial charge on any atom is 0.272 e. The van der Waals surface area contributed by atoms with Gasteiger partial charge in [0.2, 0.25) is 0 Å². The Morgan fingerprint density at radius 1 is 1.36 bits per heavy atom. The minimum Gasteiger partial charge on any atom is -0.346 e. The summed E-state index contributed by atoms with van der Waals surface area (Å²) in [6.07, 6.45) is 5.37. The Hall–Kier alpha value is -2.22. The number of hydrogen-bond donors (Lipinski definition) is 1. The van der Waals surface area contributed by atoms with Gasteiger partial charge in [0.15, 0.2) is 11.3 Å². The molecule has 0 aliphatic rings. The van der Waals surface area contributed by atoms with Crippen molar-refractivity contribution in [1.82, 2.24) is 29.7 Å². The van der Waals surface area contributed by atoms with Crippen LogP contribution < -0.4 is 5.32 Å². The third kappa shape index (κ3) is 2.87. The van der Waals surface area contributed by atoms with Crippen molar-refractivity contribution in [1.29, 1.82) is 0 Å². The number of hydrogen-bond acceptors (Lipinski definition) is 4. The molecule has 0 aliphatic carbocycles. The van der Waals surface area contributed by atoms with Crippen molar-refractivity contribution in [2.24, 2.45) is 0 Å². The fourth-order valence-corrected chi connectivity index (χ4v) is 2.42. The normalized spacial score (nSPS) is 11.0. The van der Waals surface area contributed by atoms with Crippen LogP contribution in [0.3, 0.4) is 0 Å². The number of rotatable bonds is 4. The highest BCUT2D eigenvalue weighted by Gasteiger charge is 2.12. The van der Waals surface area contributed by atoms with Crippen LogP contribution in [0.1, 0.15) is 28.7 Å². The van der Waals surface area contributed by atoms with E-state index in [2.05, 4.69) is 36.4 Å². The standard InChI is InChI=1S/C14H15BrN6O/c1-3-20-7-10(9(2)18-20)5-17-14(22)12-4-13-16-6-11(15)8-21(13)19-12/h4,6-8H,3,5H2,1-2H3,(H,17,22). The van der Waals surface area contributed by atoms with Crippen LogP contribution in [-0.4, -0.2) is 30.3 Å². The molecule has 0 aromatic carbocycles. The molecule has 0 unspecified atom stereocenters. The minimum absolute atomic E-state index is 0.231. The molecule has 114 valence electrons. The molecule has 0 aliphatic heterocycles. The van der Waals surface area contributed by atoms with E-state index in [1.807, 2.05) is 24.7 Å². The fraction of sp³-hybridized carbons (Fsp3) is 0.286. The average molecular weight is 363 g/mol. The number of aromatic nitrogens is 5. The summed E-state index contributed by atoms with van der Waals surface area (Å²) in [5.74, 6) is -0.231. The van der Waals surface area contributed by atoms with Gasteiger partial charge in [-0.05, 0) is 29.8 Å². The topological polar surface area (TPSA) is 77.1 Å². The van der Waals surface area contributed by atoms with E-state index in [0.29, 0.717) is 17.9 Å². The van der Waals surface area contributed by atoms with Gasteiger partial charge in [0.05, 0.1) is 10.2 Å². The summed E-state index contributed by atoms with van der Waals surface area (Å²) in [4.78, 5) is 16.4. The van der Waals surface area contributed by atoms with Gasteiger partial charge in [0.25, 0.3) is 5.91 Å². The van der Waals surface area contributed by atoms with Crippen molar-refractivity contribution in [2.75, 3.05) is 0 Å². The zero-order valence-corrected chi connectivity index (χ0v) is 13.8. The van der Waals surface area contributed by atoms with E-state index in [0.717, 1.165) is 22.3 Å². The number of nitrogens with zero attached hydrogens (tertiary/aromatic N) is 5. The molecule has 7 nitrogen and oxygen atoms in total. The van der Waals surface area contributed by atoms with E-state index >= 15 is 0 Å². The van der Waals surface area contributed by atoms with E-state index in [1.54, 1.807) is 23.0 Å². The van der Waals surface area contributed by atoms with Crippen LogP contribution in [0.2, 0.25) is 0 Å². The van der Waals surface area contributed by atoms with Crippen molar-refractivity contribution < 1.29 is 4.79 Å². The van der Waals surface area contributed by atoms with Gasteiger partial charge in [0.1, 0.15) is 0 Å². The quantitative estimate of drug-likeness (QED) is 0.769. The highest BCUT2D eigenvalue weighted by Crippen LogP contribution is 2.11. The lowest BCUT2D eigenvalue weighted by atomic mass is 10.2. The Kier molecular flexibility index (Phi) is 3.93. The fourth-order valence-electron chi connectivity index (χ4n) is 2.13. The predicted octanol–water partition coefficient (Wildman–Crippen LogP) is 1.95. The van der Waals surface area contributed by atoms with Crippen LogP contribution in [0.5, 0.6) is 0 Å². The first kappa shape index (κ1) is 14.7. The second kappa shape index (κ2) is 5.88. The number of aryl methyl sites for hydroxylation is 2. The molecule has 0 fully saturated rings. The van der Waals surface area contributed by atoms with E-state index < -0.39 is 0 Å². The average Bonchev–Trinajstić information content (AvgIpc) is 3.07. The van der Waals surface area contributed by atoms with Gasteiger partial charge >= 0.3 is 0 Å². The second-order valence-electron chi connectivity index (χ2n) is 4.88. The summed E-state index contributed by atoms with van der Waals surface area (Å²) in [6.45, 7) is 5.19. The minimum atomic E-state index is -0.231. The zero-order chi connectivity index (χ0) is 15.7. The first-order valence-corrected chi connectivity index (χ1v) is 7.68. The first-order valence-electron chi connectivity index (χ1n) is 6.89. The van der Waals surface area contributed by atoms with Crippen LogP contribution in [0.15, 0.2) is 29.1 Å². The monoisotopic (exact) mass is 362 g/mol. The Bertz CT molecular complexity index is 837. The first-order chi connectivity index (χ1) is 10.6. The molecular formula is C14H15BrN6O. The highest BCUT2D eigenvalue weighted by atomic mass is 79.9. The van der Waals surface area contributed by atoms with Crippen LogP contribution in [0.4, 0.5) is 0 Å². The zero-order valence-electron chi connectivity index (χ0n) is 12.2. The summed E-state index contributed by atoms with van der Waals surface area (Å²) in [7, 11) is 0. The maximum absolute atomic E-state index is 12.2. The summed E-state index contributed by atoms with van der Waals surface area (Å²) < 4.78 is 4.22. The lowest BCUT2D eigenvalue weighted by Gasteiger charge is -2.01. The summed E-state index contributed by atoms with van der Waals surface area (Å²) >= 11 is 3.32. The third-order valence-corrected chi connectivity index (χ3v) is 3.74. The summed E-state index contributed by atoms with van der Waals surface area (Å²) in [5, 5.41) is 11.4. The molecule has 3 aromatic heterocycles. The Balaban J connectivity index is 1.74. The van der Waals surface area contributed by atoms with Gasteiger partial charge in [-0.2, -0.15) is 10.2 Å². The number of nitrogens with one attached hydrogen (secondary N) is 1. The lowest BCUT2D eigenvalue weighted by Crippen LogP contribution is -2.23. The van der Waals surface area contributed by atoms with E-state index in [4.69, 9.17) is 0 Å². The van der Waals surface area contributed by atoms with E-state index in [1.165, 1.54) is 0 Å². The Labute approximate surface area is 135 Å². The molecule has 0 saturated carbocycles. The Morgan fingerprint density at radius 3 is 2.91 bits per heavy atom. The molecule has 0 radical (unpaired) electrons. The van der Waals surface area contributed by atoms with Crippen molar-refractivity contribution >= 4 is 27.5 Å². The van der Waals surface area contributed by atoms with E-state index in [9.17, 15) is 4.79 Å². The molecule has 1 amide bonds. The predicted molar refractivity (Wildman–Crippen MR) is 84.5 cm³/mol. The smallest absolute Gasteiger partial charge is 0.272 e. The lowest BCUT2D eigenvalue weighted by molar-refractivity contribution is 0.0945. The Morgan fingerprint density at radius 2 is 2.18 bits per heavy atom. The number of amides is 1. The highest BCUT2D eigenvalue weighted by molar-refractivity contribution is 9.10. The molecule has 0 spiro atoms. The number of fused-ring (bicyclic) bond motifs is 1. The maximum atomic E-state index is 12.2. The molecule has 0 atom stereocenters. The van der Waals surface area contributed by atoms with Gasteiger partial charge in [-0.15, -0.1) is 0 Å². The van der Waals surface area contributed by atoms with Crippen molar-refractivity contribution in [3.63, 3.8) is 0 Å². The van der Waals surface area contributed by atoms with Crippen LogP contribution in [0.25, 0.3) is 5.65 Å². The van der Waals surface area contributed by atoms with Crippen molar-refractivity contribution in [3.8, 4) is 0 Å². The molecule has 0 bridgehead atoms. The molecular weight excluding hydrogens is 348 g/mol. The van der Waals surface area contributed by atoms with Gasteiger partial charge in [-0.1, -0.05) is 0 Å². The molecule has 1 N–H and O–H groups in total. The SMILES string of the molecule is CCn1cc(CNC(=O)c2cc3ncc(Br)cn3n2)c(C)n1. The molecule has 22 heavy (non-hydrogen) atoms. The molecule has 3 heterocycles. The molecule has 8 heteroatoms.